The van der Waals surface area contributed by atoms with E-state index in [1.807, 2.05) is 24.3 Å². The van der Waals surface area contributed by atoms with Gasteiger partial charge in [0.1, 0.15) is 5.82 Å². The summed E-state index contributed by atoms with van der Waals surface area (Å²) in [7, 11) is 2.17. The van der Waals surface area contributed by atoms with E-state index in [2.05, 4.69) is 28.2 Å². The van der Waals surface area contributed by atoms with Crippen LogP contribution in [-0.4, -0.2) is 49.0 Å². The number of nitrogens with one attached hydrogen (secondary N) is 1. The molecule has 0 spiro atoms. The maximum Gasteiger partial charge on any atom is 0.221 e. The smallest absolute Gasteiger partial charge is 0.221 e. The van der Waals surface area contributed by atoms with Gasteiger partial charge in [-0.05, 0) is 49.6 Å². The van der Waals surface area contributed by atoms with Gasteiger partial charge in [0.15, 0.2) is 0 Å². The Morgan fingerprint density at radius 1 is 1.14 bits per heavy atom. The lowest BCUT2D eigenvalue weighted by molar-refractivity contribution is -0.117. The summed E-state index contributed by atoms with van der Waals surface area (Å²) < 4.78 is 0. The molecule has 1 amide bonds. The van der Waals surface area contributed by atoms with Crippen molar-refractivity contribution in [3.8, 4) is 0 Å². The average molecular weight is 402 g/mol. The Morgan fingerprint density at radius 2 is 1.86 bits per heavy atom. The summed E-state index contributed by atoms with van der Waals surface area (Å²) in [6, 6.07) is 10.1. The fourth-order valence-corrected chi connectivity index (χ4v) is 3.90. The molecule has 0 bridgehead atoms. The molecule has 2 aliphatic rings. The number of aromatic nitrogens is 1. The summed E-state index contributed by atoms with van der Waals surface area (Å²) in [5.74, 6) is 0.774. The number of aryl methyl sites for hydroxylation is 1. The van der Waals surface area contributed by atoms with Crippen molar-refractivity contribution in [2.24, 2.45) is 5.73 Å². The van der Waals surface area contributed by atoms with Crippen LogP contribution in [0.15, 0.2) is 30.3 Å². The van der Waals surface area contributed by atoms with Gasteiger partial charge in [-0.3, -0.25) is 4.79 Å². The van der Waals surface area contributed by atoms with E-state index in [-0.39, 0.29) is 24.7 Å². The molecule has 1 aromatic carbocycles. The standard InChI is InChI=1S/C21H27N5O.ClH/c1-25-9-11-26(12-10-25)21-14-19(17-3-2-4-18(17)24-21)23-16-7-5-15(6-8-16)13-20(22)27;/h5-8,14H,2-4,9-13H2,1H3,(H2,22,27)(H,23,24);1H. The third-order valence-corrected chi connectivity index (χ3v) is 5.48. The molecule has 6 nitrogen and oxygen atoms in total. The highest BCUT2D eigenvalue weighted by atomic mass is 35.5. The normalized spacial score (nSPS) is 16.4. The van der Waals surface area contributed by atoms with Crippen LogP contribution in [0.2, 0.25) is 0 Å². The first-order valence-electron chi connectivity index (χ1n) is 9.69. The zero-order chi connectivity index (χ0) is 18.8. The molecule has 28 heavy (non-hydrogen) atoms. The molecule has 3 N–H and O–H groups in total. The van der Waals surface area contributed by atoms with Crippen molar-refractivity contribution in [1.29, 1.82) is 0 Å². The van der Waals surface area contributed by atoms with Crippen LogP contribution >= 0.6 is 12.4 Å². The number of benzene rings is 1. The molecule has 1 saturated heterocycles. The van der Waals surface area contributed by atoms with Crippen molar-refractivity contribution in [3.63, 3.8) is 0 Å². The van der Waals surface area contributed by atoms with Crippen LogP contribution in [0.25, 0.3) is 0 Å². The van der Waals surface area contributed by atoms with Gasteiger partial charge >= 0.3 is 0 Å². The fraction of sp³-hybridized carbons (Fsp3) is 0.429. The molecular formula is C21H28ClN5O. The van der Waals surface area contributed by atoms with Gasteiger partial charge in [-0.25, -0.2) is 4.98 Å². The Balaban J connectivity index is 0.00000225. The molecule has 0 unspecified atom stereocenters. The quantitative estimate of drug-likeness (QED) is 0.805. The summed E-state index contributed by atoms with van der Waals surface area (Å²) in [6.45, 7) is 4.18. The van der Waals surface area contributed by atoms with Crippen LogP contribution in [0, 0.1) is 0 Å². The van der Waals surface area contributed by atoms with Crippen molar-refractivity contribution >= 4 is 35.5 Å². The first kappa shape index (κ1) is 20.4. The minimum absolute atomic E-state index is 0. The summed E-state index contributed by atoms with van der Waals surface area (Å²) in [5.41, 5.74) is 11.0. The third kappa shape index (κ3) is 4.56. The Kier molecular flexibility index (Phi) is 6.42. The Bertz CT molecular complexity index is 831. The number of hydrogen-bond acceptors (Lipinski definition) is 5. The number of halogens is 1. The molecule has 1 aliphatic carbocycles. The van der Waals surface area contributed by atoms with E-state index in [0.29, 0.717) is 0 Å². The van der Waals surface area contributed by atoms with E-state index >= 15 is 0 Å². The number of anilines is 3. The van der Waals surface area contributed by atoms with Crippen LogP contribution in [0.1, 0.15) is 23.2 Å². The summed E-state index contributed by atoms with van der Waals surface area (Å²) in [5, 5.41) is 3.58. The molecule has 2 aromatic rings. The molecule has 2 heterocycles. The molecule has 1 aromatic heterocycles. The predicted octanol–water partition coefficient (Wildman–Crippen LogP) is 2.52. The molecule has 1 fully saturated rings. The maximum absolute atomic E-state index is 11.1. The second-order valence-electron chi connectivity index (χ2n) is 7.56. The zero-order valence-electron chi connectivity index (χ0n) is 16.3. The SMILES string of the molecule is CN1CCN(c2cc(Nc3ccc(CC(N)=O)cc3)c3c(n2)CCC3)CC1.Cl. The number of pyridine rings is 1. The molecule has 0 radical (unpaired) electrons. The summed E-state index contributed by atoms with van der Waals surface area (Å²) >= 11 is 0. The van der Waals surface area contributed by atoms with E-state index in [4.69, 9.17) is 10.7 Å². The monoisotopic (exact) mass is 401 g/mol. The lowest BCUT2D eigenvalue weighted by Crippen LogP contribution is -2.44. The molecule has 4 rings (SSSR count). The molecule has 0 saturated carbocycles. The van der Waals surface area contributed by atoms with Gasteiger partial charge in [-0.1, -0.05) is 12.1 Å². The fourth-order valence-electron chi connectivity index (χ4n) is 3.90. The molecule has 150 valence electrons. The van der Waals surface area contributed by atoms with Gasteiger partial charge in [0.05, 0.1) is 6.42 Å². The highest BCUT2D eigenvalue weighted by molar-refractivity contribution is 5.85. The lowest BCUT2D eigenvalue weighted by atomic mass is 10.1. The van der Waals surface area contributed by atoms with Crippen molar-refractivity contribution in [1.82, 2.24) is 9.88 Å². The summed E-state index contributed by atoms with van der Waals surface area (Å²) in [6.07, 6.45) is 3.58. The third-order valence-electron chi connectivity index (χ3n) is 5.48. The number of fused-ring (bicyclic) bond motifs is 1. The number of piperazine rings is 1. The molecule has 7 heteroatoms. The molecular weight excluding hydrogens is 374 g/mol. The second kappa shape index (κ2) is 8.80. The highest BCUT2D eigenvalue weighted by Crippen LogP contribution is 2.33. The van der Waals surface area contributed by atoms with E-state index in [1.165, 1.54) is 17.7 Å². The van der Waals surface area contributed by atoms with Crippen LogP contribution in [0.3, 0.4) is 0 Å². The van der Waals surface area contributed by atoms with Crippen LogP contribution in [0.4, 0.5) is 17.2 Å². The second-order valence-corrected chi connectivity index (χ2v) is 7.56. The van der Waals surface area contributed by atoms with Crippen molar-refractivity contribution in [2.75, 3.05) is 43.4 Å². The van der Waals surface area contributed by atoms with Gasteiger partial charge in [0.25, 0.3) is 0 Å². The van der Waals surface area contributed by atoms with E-state index < -0.39 is 0 Å². The van der Waals surface area contributed by atoms with E-state index in [0.717, 1.165) is 61.8 Å². The van der Waals surface area contributed by atoms with Gasteiger partial charge < -0.3 is 20.9 Å². The number of amides is 1. The van der Waals surface area contributed by atoms with Gasteiger partial charge in [0, 0.05) is 49.3 Å². The first-order valence-corrected chi connectivity index (χ1v) is 9.69. The number of rotatable bonds is 5. The minimum atomic E-state index is -0.306. The number of carbonyl (C=O) groups excluding carboxylic acids is 1. The largest absolute Gasteiger partial charge is 0.369 e. The number of nitrogens with zero attached hydrogens (tertiary/aromatic N) is 3. The molecule has 0 atom stereocenters. The van der Waals surface area contributed by atoms with Crippen molar-refractivity contribution in [3.05, 3.63) is 47.2 Å². The maximum atomic E-state index is 11.1. The number of hydrogen-bond donors (Lipinski definition) is 2. The number of nitrogens with two attached hydrogens (primary N) is 1. The van der Waals surface area contributed by atoms with Crippen molar-refractivity contribution in [2.45, 2.75) is 25.7 Å². The summed E-state index contributed by atoms with van der Waals surface area (Å²) in [4.78, 5) is 20.8. The minimum Gasteiger partial charge on any atom is -0.369 e. The van der Waals surface area contributed by atoms with Crippen molar-refractivity contribution < 1.29 is 4.79 Å². The number of carbonyl (C=O) groups is 1. The first-order chi connectivity index (χ1) is 13.1. The van der Waals surface area contributed by atoms with E-state index in [1.54, 1.807) is 0 Å². The lowest BCUT2D eigenvalue weighted by Gasteiger charge is -2.33. The van der Waals surface area contributed by atoms with Gasteiger partial charge in [0.2, 0.25) is 5.91 Å². The van der Waals surface area contributed by atoms with Crippen LogP contribution in [0.5, 0.6) is 0 Å². The van der Waals surface area contributed by atoms with Gasteiger partial charge in [-0.2, -0.15) is 0 Å². The highest BCUT2D eigenvalue weighted by Gasteiger charge is 2.22. The average Bonchev–Trinajstić information content (AvgIpc) is 3.12. The van der Waals surface area contributed by atoms with Gasteiger partial charge in [-0.15, -0.1) is 12.4 Å². The Hall–Kier alpha value is -2.31. The predicted molar refractivity (Wildman–Crippen MR) is 116 cm³/mol. The number of primary amides is 1. The zero-order valence-corrected chi connectivity index (χ0v) is 17.1. The topological polar surface area (TPSA) is 74.5 Å². The Labute approximate surface area is 172 Å². The Morgan fingerprint density at radius 3 is 2.54 bits per heavy atom. The van der Waals surface area contributed by atoms with Crippen LogP contribution < -0.4 is 16.0 Å². The van der Waals surface area contributed by atoms with E-state index in [9.17, 15) is 4.79 Å². The van der Waals surface area contributed by atoms with Crippen LogP contribution in [-0.2, 0) is 24.1 Å². The number of likely N-dealkylation sites (N-methyl/N-ethyl adjacent to an activating group) is 1. The molecule has 1 aliphatic heterocycles.